The fourth-order valence-electron chi connectivity index (χ4n) is 2.04. The molecule has 2 nitrogen and oxygen atoms in total. The van der Waals surface area contributed by atoms with Crippen LogP contribution in [0.15, 0.2) is 24.3 Å². The molecule has 1 N–H and O–H groups in total. The third-order valence-electron chi connectivity index (χ3n) is 2.77. The molecule has 2 heteroatoms. The van der Waals surface area contributed by atoms with E-state index in [1.165, 1.54) is 11.1 Å². The van der Waals surface area contributed by atoms with Crippen molar-refractivity contribution in [1.29, 1.82) is 0 Å². The molecule has 2 rings (SSSR count). The second-order valence-electron chi connectivity index (χ2n) is 3.90. The monoisotopic (exact) mass is 202 g/mol. The lowest BCUT2D eigenvalue weighted by atomic mass is 10.1. The topological polar surface area (TPSA) is 29.5 Å². The summed E-state index contributed by atoms with van der Waals surface area (Å²) in [6.07, 6.45) is 6.00. The van der Waals surface area contributed by atoms with Gasteiger partial charge in [0.1, 0.15) is 0 Å². The molecule has 0 radical (unpaired) electrons. The van der Waals surface area contributed by atoms with Crippen molar-refractivity contribution in [1.82, 2.24) is 0 Å². The third kappa shape index (κ3) is 2.38. The van der Waals surface area contributed by atoms with Gasteiger partial charge in [0.05, 0.1) is 6.61 Å². The van der Waals surface area contributed by atoms with Crippen molar-refractivity contribution in [3.63, 3.8) is 0 Å². The largest absolute Gasteiger partial charge is 0.358 e. The lowest BCUT2D eigenvalue weighted by Gasteiger charge is -2.10. The van der Waals surface area contributed by atoms with Crippen LogP contribution in [0, 0.1) is 18.3 Å². The zero-order chi connectivity index (χ0) is 10.7. The zero-order valence-corrected chi connectivity index (χ0v) is 8.52. The van der Waals surface area contributed by atoms with Crippen LogP contribution < -0.4 is 0 Å². The van der Waals surface area contributed by atoms with Crippen LogP contribution in [0.25, 0.3) is 0 Å². The van der Waals surface area contributed by atoms with Crippen molar-refractivity contribution in [2.45, 2.75) is 19.1 Å². The van der Waals surface area contributed by atoms with Crippen molar-refractivity contribution in [2.24, 2.45) is 5.92 Å². The summed E-state index contributed by atoms with van der Waals surface area (Å²) in [5.74, 6) is 2.59. The van der Waals surface area contributed by atoms with Gasteiger partial charge in [-0.15, -0.1) is 6.42 Å². The Morgan fingerprint density at radius 3 is 2.53 bits per heavy atom. The Morgan fingerprint density at radius 1 is 1.40 bits per heavy atom. The number of benzene rings is 1. The lowest BCUT2D eigenvalue weighted by Crippen LogP contribution is -2.16. The summed E-state index contributed by atoms with van der Waals surface area (Å²) in [6, 6.07) is 8.40. The summed E-state index contributed by atoms with van der Waals surface area (Å²) in [4.78, 5) is 0. The predicted octanol–water partition coefficient (Wildman–Crippen LogP) is 1.37. The van der Waals surface area contributed by atoms with Crippen molar-refractivity contribution < 1.29 is 9.84 Å². The van der Waals surface area contributed by atoms with E-state index in [0.29, 0.717) is 12.5 Å². The molecule has 0 spiro atoms. The van der Waals surface area contributed by atoms with Gasteiger partial charge in [-0.25, -0.2) is 0 Å². The Hall–Kier alpha value is -1.30. The van der Waals surface area contributed by atoms with Crippen LogP contribution >= 0.6 is 0 Å². The molecule has 0 saturated heterocycles. The van der Waals surface area contributed by atoms with Crippen LogP contribution in [0.2, 0.25) is 0 Å². The summed E-state index contributed by atoms with van der Waals surface area (Å²) >= 11 is 0. The van der Waals surface area contributed by atoms with Crippen LogP contribution in [0.3, 0.4) is 0 Å². The molecule has 0 aromatic heterocycles. The number of aliphatic hydroxyl groups is 1. The molecular formula is C13H14O2. The molecule has 78 valence electrons. The van der Waals surface area contributed by atoms with Crippen LogP contribution in [0.4, 0.5) is 0 Å². The van der Waals surface area contributed by atoms with Crippen LogP contribution in [0.5, 0.6) is 0 Å². The molecule has 1 atom stereocenters. The maximum Gasteiger partial charge on any atom is 0.219 e. The minimum atomic E-state index is -1.06. The van der Waals surface area contributed by atoms with Crippen LogP contribution in [0.1, 0.15) is 11.1 Å². The van der Waals surface area contributed by atoms with E-state index in [1.807, 2.05) is 0 Å². The lowest BCUT2D eigenvalue weighted by molar-refractivity contribution is -0.0686. The molecule has 0 bridgehead atoms. The highest BCUT2D eigenvalue weighted by Crippen LogP contribution is 2.26. The number of aliphatic hydroxyl groups excluding tert-OH is 1. The molecular weight excluding hydrogens is 188 g/mol. The Kier molecular flexibility index (Phi) is 3.05. The Bertz CT molecular complexity index is 353. The molecule has 0 saturated carbocycles. The van der Waals surface area contributed by atoms with Crippen molar-refractivity contribution >= 4 is 0 Å². The average molecular weight is 202 g/mol. The van der Waals surface area contributed by atoms with Gasteiger partial charge in [-0.05, 0) is 35.8 Å². The van der Waals surface area contributed by atoms with E-state index >= 15 is 0 Å². The molecule has 0 unspecified atom stereocenters. The zero-order valence-electron chi connectivity index (χ0n) is 8.52. The third-order valence-corrected chi connectivity index (χ3v) is 2.77. The van der Waals surface area contributed by atoms with Gasteiger partial charge in [0.15, 0.2) is 0 Å². The first-order chi connectivity index (χ1) is 7.29. The highest BCUT2D eigenvalue weighted by atomic mass is 16.6. The van der Waals surface area contributed by atoms with Gasteiger partial charge in [-0.2, -0.15) is 0 Å². The SMILES string of the molecule is C#C[C@@H](O)OCC1Cc2ccccc2C1. The predicted molar refractivity (Wildman–Crippen MR) is 58.1 cm³/mol. The van der Waals surface area contributed by atoms with E-state index in [-0.39, 0.29) is 0 Å². The fourth-order valence-corrected chi connectivity index (χ4v) is 2.04. The van der Waals surface area contributed by atoms with Gasteiger partial charge in [-0.3, -0.25) is 0 Å². The van der Waals surface area contributed by atoms with Gasteiger partial charge in [0, 0.05) is 0 Å². The van der Waals surface area contributed by atoms with Crippen molar-refractivity contribution in [2.75, 3.05) is 6.61 Å². The van der Waals surface area contributed by atoms with E-state index in [4.69, 9.17) is 16.3 Å². The Labute approximate surface area is 89.9 Å². The number of fused-ring (bicyclic) bond motifs is 1. The smallest absolute Gasteiger partial charge is 0.219 e. The summed E-state index contributed by atoms with van der Waals surface area (Å²) in [5.41, 5.74) is 2.78. The minimum absolute atomic E-state index is 0.449. The second kappa shape index (κ2) is 4.48. The van der Waals surface area contributed by atoms with Crippen LogP contribution in [-0.4, -0.2) is 18.0 Å². The Balaban J connectivity index is 1.89. The number of hydrogen-bond donors (Lipinski definition) is 1. The van der Waals surface area contributed by atoms with Gasteiger partial charge in [0.25, 0.3) is 0 Å². The molecule has 1 aliphatic rings. The minimum Gasteiger partial charge on any atom is -0.358 e. The van der Waals surface area contributed by atoms with E-state index in [9.17, 15) is 0 Å². The maximum atomic E-state index is 9.08. The molecule has 1 aliphatic carbocycles. The van der Waals surface area contributed by atoms with Crippen molar-refractivity contribution in [3.8, 4) is 12.3 Å². The molecule has 0 amide bonds. The summed E-state index contributed by atoms with van der Waals surface area (Å²) < 4.78 is 5.13. The number of hydrogen-bond acceptors (Lipinski definition) is 2. The highest BCUT2D eigenvalue weighted by Gasteiger charge is 2.21. The average Bonchev–Trinajstić information content (AvgIpc) is 2.68. The number of rotatable bonds is 3. The Morgan fingerprint density at radius 2 is 2.00 bits per heavy atom. The molecule has 1 aromatic rings. The first-order valence-electron chi connectivity index (χ1n) is 5.12. The number of terminal acetylenes is 1. The normalized spacial score (nSPS) is 17.1. The molecule has 0 fully saturated rings. The first-order valence-corrected chi connectivity index (χ1v) is 5.12. The number of ether oxygens (including phenoxy) is 1. The van der Waals surface area contributed by atoms with E-state index in [0.717, 1.165) is 12.8 Å². The first kappa shape index (κ1) is 10.2. The molecule has 15 heavy (non-hydrogen) atoms. The quantitative estimate of drug-likeness (QED) is 0.592. The standard InChI is InChI=1S/C13H14O2/c1-2-13(14)15-9-10-7-11-5-3-4-6-12(11)8-10/h1,3-6,10,13-14H,7-9H2/t13-/m0/s1. The maximum absolute atomic E-state index is 9.08. The van der Waals surface area contributed by atoms with Crippen LogP contribution in [-0.2, 0) is 17.6 Å². The van der Waals surface area contributed by atoms with Gasteiger partial charge in [-0.1, -0.05) is 24.3 Å². The van der Waals surface area contributed by atoms with E-state index in [2.05, 4.69) is 30.2 Å². The van der Waals surface area contributed by atoms with Crippen molar-refractivity contribution in [3.05, 3.63) is 35.4 Å². The summed E-state index contributed by atoms with van der Waals surface area (Å²) in [6.45, 7) is 0.528. The van der Waals surface area contributed by atoms with Gasteiger partial charge < -0.3 is 9.84 Å². The van der Waals surface area contributed by atoms with Gasteiger partial charge in [0.2, 0.25) is 6.29 Å². The summed E-state index contributed by atoms with van der Waals surface area (Å²) in [7, 11) is 0. The molecule has 0 heterocycles. The fraction of sp³-hybridized carbons (Fsp3) is 0.385. The van der Waals surface area contributed by atoms with E-state index < -0.39 is 6.29 Å². The van der Waals surface area contributed by atoms with Gasteiger partial charge >= 0.3 is 0 Å². The highest BCUT2D eigenvalue weighted by molar-refractivity contribution is 5.32. The summed E-state index contributed by atoms with van der Waals surface area (Å²) in [5, 5.41) is 9.08. The molecule has 1 aromatic carbocycles. The second-order valence-corrected chi connectivity index (χ2v) is 3.90. The molecule has 0 aliphatic heterocycles. The van der Waals surface area contributed by atoms with E-state index in [1.54, 1.807) is 0 Å².